The fraction of sp³-hybridized carbons (Fsp3) is 0.227. The number of aromatic nitrogens is 2. The Morgan fingerprint density at radius 2 is 1.97 bits per heavy atom. The Balaban J connectivity index is 1.70. The minimum Gasteiger partial charge on any atom is -0.310 e. The number of aryl methyl sites for hydroxylation is 2. The number of nitrogens with one attached hydrogen (secondary N) is 2. The molecule has 0 fully saturated rings. The van der Waals surface area contributed by atoms with Crippen molar-refractivity contribution >= 4 is 23.5 Å². The number of anilines is 1. The summed E-state index contributed by atoms with van der Waals surface area (Å²) in [5.74, 6) is -0.217. The zero-order chi connectivity index (χ0) is 20.5. The molecule has 1 aliphatic rings. The van der Waals surface area contributed by atoms with Gasteiger partial charge in [-0.25, -0.2) is 9.37 Å². The molecule has 1 aromatic heterocycles. The number of halogens is 1. The van der Waals surface area contributed by atoms with Crippen molar-refractivity contribution in [2.45, 2.75) is 37.1 Å². The normalized spacial score (nSPS) is 15.7. The van der Waals surface area contributed by atoms with Crippen molar-refractivity contribution in [3.63, 3.8) is 0 Å². The number of benzene rings is 2. The van der Waals surface area contributed by atoms with Crippen LogP contribution in [0, 0.1) is 19.7 Å². The van der Waals surface area contributed by atoms with Crippen LogP contribution in [0.3, 0.4) is 0 Å². The van der Waals surface area contributed by atoms with E-state index in [4.69, 9.17) is 0 Å². The number of H-pyrrole nitrogens is 1. The third-order valence-electron chi connectivity index (χ3n) is 5.06. The van der Waals surface area contributed by atoms with Gasteiger partial charge in [-0.15, -0.1) is 0 Å². The molecule has 0 aliphatic carbocycles. The maximum absolute atomic E-state index is 13.8. The summed E-state index contributed by atoms with van der Waals surface area (Å²) in [7, 11) is 0. The van der Waals surface area contributed by atoms with Crippen molar-refractivity contribution in [2.24, 2.45) is 0 Å². The van der Waals surface area contributed by atoms with Crippen LogP contribution in [0.1, 0.15) is 40.2 Å². The lowest BCUT2D eigenvalue weighted by Gasteiger charge is -2.26. The van der Waals surface area contributed by atoms with E-state index in [9.17, 15) is 14.0 Å². The number of carbonyl (C=O) groups is 1. The standard InChI is InChI=1S/C22H20FN3O2S/c1-12-7-8-13(2)15(9-12)16-10-18(27)24-20-19(16)21(28)26-22(25-20)29-11-14-5-3-4-6-17(14)23/h3-9,16H,10-11H2,1-2H3,(H2,24,25,26,27,28)/t16-/m0/s1. The molecule has 0 radical (unpaired) electrons. The SMILES string of the molecule is Cc1ccc(C)c([C@@H]2CC(=O)Nc3nc(SCc4ccccc4F)[nH]c(=O)c32)c1. The molecule has 5 nitrogen and oxygen atoms in total. The maximum Gasteiger partial charge on any atom is 0.257 e. The summed E-state index contributed by atoms with van der Waals surface area (Å²) < 4.78 is 13.8. The first kappa shape index (κ1) is 19.4. The number of amides is 1. The molecule has 148 valence electrons. The Hall–Kier alpha value is -2.93. The lowest BCUT2D eigenvalue weighted by molar-refractivity contribution is -0.116. The van der Waals surface area contributed by atoms with Crippen molar-refractivity contribution in [2.75, 3.05) is 5.32 Å². The second-order valence-electron chi connectivity index (χ2n) is 7.18. The largest absolute Gasteiger partial charge is 0.310 e. The average molecular weight is 409 g/mol. The highest BCUT2D eigenvalue weighted by atomic mass is 32.2. The Bertz CT molecular complexity index is 1160. The van der Waals surface area contributed by atoms with Crippen molar-refractivity contribution in [3.8, 4) is 0 Å². The number of hydrogen-bond donors (Lipinski definition) is 2. The van der Waals surface area contributed by atoms with E-state index < -0.39 is 0 Å². The van der Waals surface area contributed by atoms with Crippen LogP contribution in [0.25, 0.3) is 0 Å². The molecule has 0 bridgehead atoms. The van der Waals surface area contributed by atoms with Crippen molar-refractivity contribution in [1.29, 1.82) is 0 Å². The summed E-state index contributed by atoms with van der Waals surface area (Å²) in [6.07, 6.45) is 0.198. The lowest BCUT2D eigenvalue weighted by atomic mass is 9.84. The molecule has 0 saturated carbocycles. The molecule has 0 saturated heterocycles. The molecule has 2 N–H and O–H groups in total. The minimum absolute atomic E-state index is 0.174. The van der Waals surface area contributed by atoms with Crippen LogP contribution in [-0.4, -0.2) is 15.9 Å². The van der Waals surface area contributed by atoms with Crippen LogP contribution in [0.5, 0.6) is 0 Å². The summed E-state index contributed by atoms with van der Waals surface area (Å²) in [4.78, 5) is 32.5. The van der Waals surface area contributed by atoms with E-state index >= 15 is 0 Å². The predicted octanol–water partition coefficient (Wildman–Crippen LogP) is 4.29. The number of thioether (sulfide) groups is 1. The van der Waals surface area contributed by atoms with Gasteiger partial charge in [0.1, 0.15) is 11.6 Å². The van der Waals surface area contributed by atoms with Gasteiger partial charge in [-0.3, -0.25) is 9.59 Å². The van der Waals surface area contributed by atoms with Gasteiger partial charge in [-0.1, -0.05) is 53.7 Å². The van der Waals surface area contributed by atoms with Crippen LogP contribution in [0.4, 0.5) is 10.2 Å². The second kappa shape index (κ2) is 7.83. The number of rotatable bonds is 4. The molecular formula is C22H20FN3O2S. The summed E-state index contributed by atoms with van der Waals surface area (Å²) in [6, 6.07) is 12.5. The summed E-state index contributed by atoms with van der Waals surface area (Å²) in [5, 5.41) is 3.07. The molecule has 0 spiro atoms. The Labute approximate surface area is 171 Å². The van der Waals surface area contributed by atoms with Crippen molar-refractivity contribution in [3.05, 3.63) is 86.5 Å². The van der Waals surface area contributed by atoms with E-state index in [2.05, 4.69) is 15.3 Å². The molecule has 29 heavy (non-hydrogen) atoms. The Morgan fingerprint density at radius 1 is 1.17 bits per heavy atom. The van der Waals surface area contributed by atoms with Gasteiger partial charge >= 0.3 is 0 Å². The summed E-state index contributed by atoms with van der Waals surface area (Å²) in [5.41, 5.74) is 3.76. The van der Waals surface area contributed by atoms with Gasteiger partial charge in [0.25, 0.3) is 5.56 Å². The van der Waals surface area contributed by atoms with Crippen molar-refractivity contribution in [1.82, 2.24) is 9.97 Å². The van der Waals surface area contributed by atoms with Crippen LogP contribution < -0.4 is 10.9 Å². The molecule has 2 aromatic carbocycles. The highest BCUT2D eigenvalue weighted by Gasteiger charge is 2.31. The summed E-state index contributed by atoms with van der Waals surface area (Å²) in [6.45, 7) is 3.96. The zero-order valence-corrected chi connectivity index (χ0v) is 16.9. The van der Waals surface area contributed by atoms with E-state index in [1.807, 2.05) is 32.0 Å². The maximum atomic E-state index is 13.8. The zero-order valence-electron chi connectivity index (χ0n) is 16.1. The first-order valence-electron chi connectivity index (χ1n) is 9.30. The van der Waals surface area contributed by atoms with Crippen molar-refractivity contribution < 1.29 is 9.18 Å². The van der Waals surface area contributed by atoms with Gasteiger partial charge in [-0.2, -0.15) is 0 Å². The van der Waals surface area contributed by atoms with Crippen LogP contribution in [-0.2, 0) is 10.5 Å². The molecule has 3 aromatic rings. The molecule has 1 amide bonds. The van der Waals surface area contributed by atoms with Gasteiger partial charge in [-0.05, 0) is 36.6 Å². The van der Waals surface area contributed by atoms with E-state index in [1.165, 1.54) is 17.8 Å². The molecule has 0 unspecified atom stereocenters. The number of nitrogens with zero attached hydrogens (tertiary/aromatic N) is 1. The first-order chi connectivity index (χ1) is 13.9. The lowest BCUT2D eigenvalue weighted by Crippen LogP contribution is -2.31. The van der Waals surface area contributed by atoms with Crippen LogP contribution >= 0.6 is 11.8 Å². The predicted molar refractivity (Wildman–Crippen MR) is 112 cm³/mol. The Morgan fingerprint density at radius 3 is 2.76 bits per heavy atom. The monoisotopic (exact) mass is 409 g/mol. The van der Waals surface area contributed by atoms with E-state index in [0.717, 1.165) is 16.7 Å². The fourth-order valence-corrected chi connectivity index (χ4v) is 4.43. The molecule has 1 atom stereocenters. The van der Waals surface area contributed by atoms with Gasteiger partial charge in [0.15, 0.2) is 5.16 Å². The first-order valence-corrected chi connectivity index (χ1v) is 10.3. The number of fused-ring (bicyclic) bond motifs is 1. The number of carbonyl (C=O) groups excluding carboxylic acids is 1. The molecule has 2 heterocycles. The van der Waals surface area contributed by atoms with E-state index in [-0.39, 0.29) is 35.4 Å². The van der Waals surface area contributed by atoms with Gasteiger partial charge in [0.2, 0.25) is 5.91 Å². The Kier molecular flexibility index (Phi) is 5.24. The third-order valence-corrected chi connectivity index (χ3v) is 5.98. The topological polar surface area (TPSA) is 74.8 Å². The third kappa shape index (κ3) is 3.96. The molecular weight excluding hydrogens is 389 g/mol. The average Bonchev–Trinajstić information content (AvgIpc) is 2.68. The second-order valence-corrected chi connectivity index (χ2v) is 8.14. The highest BCUT2D eigenvalue weighted by molar-refractivity contribution is 7.98. The minimum atomic E-state index is -0.347. The van der Waals surface area contributed by atoms with E-state index in [0.29, 0.717) is 22.0 Å². The van der Waals surface area contributed by atoms with Crippen LogP contribution in [0.2, 0.25) is 0 Å². The molecule has 4 rings (SSSR count). The molecule has 1 aliphatic heterocycles. The number of aromatic amines is 1. The van der Waals surface area contributed by atoms with E-state index in [1.54, 1.807) is 18.2 Å². The fourth-order valence-electron chi connectivity index (χ4n) is 3.58. The van der Waals surface area contributed by atoms with Gasteiger partial charge in [0.05, 0.1) is 5.56 Å². The smallest absolute Gasteiger partial charge is 0.257 e. The van der Waals surface area contributed by atoms with Gasteiger partial charge in [0, 0.05) is 18.1 Å². The quantitative estimate of drug-likeness (QED) is 0.498. The molecule has 7 heteroatoms. The number of hydrogen-bond acceptors (Lipinski definition) is 4. The highest BCUT2D eigenvalue weighted by Crippen LogP contribution is 2.36. The van der Waals surface area contributed by atoms with Gasteiger partial charge < -0.3 is 10.3 Å². The van der Waals surface area contributed by atoms with Crippen LogP contribution in [0.15, 0.2) is 52.4 Å². The summed E-state index contributed by atoms with van der Waals surface area (Å²) >= 11 is 1.22.